The van der Waals surface area contributed by atoms with Gasteiger partial charge in [0.15, 0.2) is 0 Å². The van der Waals surface area contributed by atoms with Crippen LogP contribution in [0.15, 0.2) is 36.4 Å². The lowest BCUT2D eigenvalue weighted by atomic mass is 10.1. The van der Waals surface area contributed by atoms with Crippen LogP contribution in [0.3, 0.4) is 0 Å². The number of rotatable bonds is 4. The summed E-state index contributed by atoms with van der Waals surface area (Å²) in [5.41, 5.74) is 2.61. The van der Waals surface area contributed by atoms with Gasteiger partial charge in [-0.3, -0.25) is 9.59 Å². The van der Waals surface area contributed by atoms with Crippen molar-refractivity contribution < 1.29 is 9.59 Å². The summed E-state index contributed by atoms with van der Waals surface area (Å²) in [6, 6.07) is 10.2. The summed E-state index contributed by atoms with van der Waals surface area (Å²) >= 11 is 24.6. The average molecular weight is 417 g/mol. The zero-order chi connectivity index (χ0) is 18.4. The van der Waals surface area contributed by atoms with Gasteiger partial charge in [-0.25, -0.2) is 0 Å². The quantitative estimate of drug-likeness (QED) is 0.517. The van der Waals surface area contributed by atoms with Gasteiger partial charge in [-0.1, -0.05) is 35.3 Å². The molecule has 1 fully saturated rings. The van der Waals surface area contributed by atoms with Gasteiger partial charge in [-0.05, 0) is 42.3 Å². The van der Waals surface area contributed by atoms with Crippen LogP contribution in [0.4, 0.5) is 5.69 Å². The molecule has 0 bridgehead atoms. The molecule has 0 aromatic heterocycles. The Morgan fingerprint density at radius 3 is 2.48 bits per heavy atom. The van der Waals surface area contributed by atoms with Gasteiger partial charge < -0.3 is 5.32 Å². The van der Waals surface area contributed by atoms with Crippen molar-refractivity contribution >= 4 is 64.3 Å². The van der Waals surface area contributed by atoms with Crippen molar-refractivity contribution in [3.63, 3.8) is 0 Å². The van der Waals surface area contributed by atoms with E-state index in [-0.39, 0.29) is 11.8 Å². The third-order valence-electron chi connectivity index (χ3n) is 4.31. The van der Waals surface area contributed by atoms with E-state index in [0.717, 1.165) is 17.4 Å². The Balaban J connectivity index is 1.80. The van der Waals surface area contributed by atoms with E-state index in [1.807, 2.05) is 6.92 Å². The van der Waals surface area contributed by atoms with Crippen LogP contribution in [-0.4, -0.2) is 16.5 Å². The Hall–Kier alpha value is -1.26. The predicted molar refractivity (Wildman–Crippen MR) is 102 cm³/mol. The molecule has 1 aliphatic carbocycles. The molecule has 7 heteroatoms. The van der Waals surface area contributed by atoms with Crippen molar-refractivity contribution in [3.8, 4) is 0 Å². The number of alkyl halides is 2. The van der Waals surface area contributed by atoms with E-state index in [9.17, 15) is 9.59 Å². The number of hydrogen-bond donors (Lipinski definition) is 1. The van der Waals surface area contributed by atoms with Crippen molar-refractivity contribution in [2.45, 2.75) is 17.2 Å². The van der Waals surface area contributed by atoms with Gasteiger partial charge in [0.05, 0.1) is 16.0 Å². The van der Waals surface area contributed by atoms with E-state index in [1.54, 1.807) is 36.4 Å². The number of carbonyl (C=O) groups is 2. The van der Waals surface area contributed by atoms with Gasteiger partial charge >= 0.3 is 0 Å². The number of amides is 1. The second-order valence-corrected chi connectivity index (χ2v) is 8.24. The van der Waals surface area contributed by atoms with Crippen LogP contribution in [0.1, 0.15) is 27.4 Å². The molecule has 2 aromatic carbocycles. The number of benzene rings is 2. The first kappa shape index (κ1) is 18.5. The van der Waals surface area contributed by atoms with Crippen LogP contribution in [-0.2, 0) is 4.79 Å². The van der Waals surface area contributed by atoms with Gasteiger partial charge in [0.2, 0.25) is 5.91 Å². The number of hydrogen-bond acceptors (Lipinski definition) is 2. The summed E-state index contributed by atoms with van der Waals surface area (Å²) in [7, 11) is 0. The van der Waals surface area contributed by atoms with Gasteiger partial charge in [0.25, 0.3) is 0 Å². The normalized spacial score (nSPS) is 20.8. The first-order valence-corrected chi connectivity index (χ1v) is 8.96. The van der Waals surface area contributed by atoms with Crippen LogP contribution >= 0.6 is 46.4 Å². The predicted octanol–water partition coefficient (Wildman–Crippen LogP) is 5.64. The topological polar surface area (TPSA) is 46.2 Å². The molecular weight excluding hydrogens is 404 g/mol. The van der Waals surface area contributed by atoms with Crippen LogP contribution in [0, 0.1) is 12.8 Å². The highest BCUT2D eigenvalue weighted by molar-refractivity contribution is 6.53. The molecule has 0 aliphatic heterocycles. The lowest BCUT2D eigenvalue weighted by Crippen LogP contribution is -2.17. The van der Waals surface area contributed by atoms with E-state index in [4.69, 9.17) is 46.4 Å². The number of aryl methyl sites for hydroxylation is 1. The molecule has 0 radical (unpaired) electrons. The van der Waals surface area contributed by atoms with Crippen LogP contribution in [0.5, 0.6) is 0 Å². The Morgan fingerprint density at radius 2 is 1.84 bits per heavy atom. The lowest BCUT2D eigenvalue weighted by Gasteiger charge is -2.07. The van der Waals surface area contributed by atoms with E-state index >= 15 is 0 Å². The van der Waals surface area contributed by atoms with Crippen molar-refractivity contribution in [2.75, 3.05) is 5.32 Å². The summed E-state index contributed by atoms with van der Waals surface area (Å²) in [5, 5.41) is 3.56. The SMILES string of the molecule is Cc1ccc(NC(=O)C2C(c3ccc(Cl)c(Cl)c3)C2(Cl)Cl)cc1C=O. The summed E-state index contributed by atoms with van der Waals surface area (Å²) in [5.74, 6) is -1.34. The fraction of sp³-hybridized carbons (Fsp3) is 0.222. The van der Waals surface area contributed by atoms with Gasteiger partial charge in [0, 0.05) is 17.2 Å². The Bertz CT molecular complexity index is 866. The summed E-state index contributed by atoms with van der Waals surface area (Å²) in [6.45, 7) is 1.82. The largest absolute Gasteiger partial charge is 0.326 e. The zero-order valence-electron chi connectivity index (χ0n) is 13.0. The molecule has 1 N–H and O–H groups in total. The van der Waals surface area contributed by atoms with Crippen molar-refractivity contribution in [3.05, 3.63) is 63.1 Å². The minimum atomic E-state index is -1.22. The van der Waals surface area contributed by atoms with Crippen LogP contribution in [0.2, 0.25) is 10.0 Å². The van der Waals surface area contributed by atoms with E-state index in [0.29, 0.717) is 21.3 Å². The van der Waals surface area contributed by atoms with Crippen LogP contribution in [0.25, 0.3) is 0 Å². The second-order valence-electron chi connectivity index (χ2n) is 5.98. The Kier molecular flexibility index (Phi) is 5.04. The fourth-order valence-corrected chi connectivity index (χ4v) is 3.97. The molecule has 1 saturated carbocycles. The maximum atomic E-state index is 12.6. The van der Waals surface area contributed by atoms with E-state index in [2.05, 4.69) is 5.32 Å². The molecule has 1 aliphatic rings. The summed E-state index contributed by atoms with van der Waals surface area (Å²) in [6.07, 6.45) is 0.744. The first-order valence-electron chi connectivity index (χ1n) is 7.45. The van der Waals surface area contributed by atoms with Crippen molar-refractivity contribution in [1.82, 2.24) is 0 Å². The number of halogens is 4. The molecule has 3 rings (SSSR count). The number of anilines is 1. The van der Waals surface area contributed by atoms with Gasteiger partial charge in [-0.2, -0.15) is 0 Å². The zero-order valence-corrected chi connectivity index (χ0v) is 16.0. The monoisotopic (exact) mass is 415 g/mol. The lowest BCUT2D eigenvalue weighted by molar-refractivity contribution is -0.117. The molecule has 0 saturated heterocycles. The third-order valence-corrected chi connectivity index (χ3v) is 5.99. The Labute approximate surface area is 165 Å². The molecule has 25 heavy (non-hydrogen) atoms. The minimum Gasteiger partial charge on any atom is -0.326 e. The fourth-order valence-electron chi connectivity index (χ4n) is 2.84. The van der Waals surface area contributed by atoms with Crippen molar-refractivity contribution in [2.24, 2.45) is 5.92 Å². The number of aldehydes is 1. The molecule has 0 heterocycles. The molecule has 0 spiro atoms. The molecule has 2 atom stereocenters. The maximum Gasteiger partial charge on any atom is 0.231 e. The second kappa shape index (κ2) is 6.81. The van der Waals surface area contributed by atoms with Gasteiger partial charge in [-0.15, -0.1) is 23.2 Å². The molecule has 1 amide bonds. The molecular formula is C18H13Cl4NO2. The molecule has 130 valence electrons. The van der Waals surface area contributed by atoms with E-state index < -0.39 is 10.3 Å². The highest BCUT2D eigenvalue weighted by Crippen LogP contribution is 2.65. The Morgan fingerprint density at radius 1 is 1.12 bits per heavy atom. The van der Waals surface area contributed by atoms with Crippen molar-refractivity contribution in [1.29, 1.82) is 0 Å². The smallest absolute Gasteiger partial charge is 0.231 e. The maximum absolute atomic E-state index is 12.6. The highest BCUT2D eigenvalue weighted by atomic mass is 35.5. The minimum absolute atomic E-state index is 0.318. The first-order chi connectivity index (χ1) is 11.8. The van der Waals surface area contributed by atoms with Crippen LogP contribution < -0.4 is 5.32 Å². The number of nitrogens with one attached hydrogen (secondary N) is 1. The molecule has 2 aromatic rings. The number of carbonyl (C=O) groups excluding carboxylic acids is 2. The standard InChI is InChI=1S/C18H13Cl4NO2/c1-9-2-4-12(6-11(9)8-24)23-17(25)16-15(18(16,21)22)10-3-5-13(19)14(20)7-10/h2-8,15-16H,1H3,(H,23,25). The summed E-state index contributed by atoms with van der Waals surface area (Å²) in [4.78, 5) is 23.6. The third kappa shape index (κ3) is 3.52. The highest BCUT2D eigenvalue weighted by Gasteiger charge is 2.67. The van der Waals surface area contributed by atoms with Gasteiger partial charge in [0.1, 0.15) is 10.6 Å². The summed E-state index contributed by atoms with van der Waals surface area (Å²) < 4.78 is -1.22. The molecule has 3 nitrogen and oxygen atoms in total. The average Bonchev–Trinajstić information content (AvgIpc) is 3.14. The van der Waals surface area contributed by atoms with E-state index in [1.165, 1.54) is 0 Å². The molecule has 2 unspecified atom stereocenters.